The average molecular weight is 245 g/mol. The summed E-state index contributed by atoms with van der Waals surface area (Å²) in [4.78, 5) is 12.6. The zero-order valence-corrected chi connectivity index (χ0v) is 10.3. The molecule has 0 spiro atoms. The minimum absolute atomic E-state index is 0.0522. The maximum absolute atomic E-state index is 10.9. The standard InChI is InChI=1S/C13H15N3O2/c1-10-11(4-2-6-13(10)16(17)18)9-15-7-3-5-12(15)8-14/h2,4,6,12H,3,5,7,9H2,1H3. The first-order valence-electron chi connectivity index (χ1n) is 6.00. The van der Waals surface area contributed by atoms with Crippen molar-refractivity contribution in [3.05, 3.63) is 39.4 Å². The second kappa shape index (κ2) is 5.15. The fourth-order valence-electron chi connectivity index (χ4n) is 2.42. The van der Waals surface area contributed by atoms with Gasteiger partial charge in [-0.05, 0) is 31.9 Å². The van der Waals surface area contributed by atoms with Gasteiger partial charge in [-0.1, -0.05) is 12.1 Å². The summed E-state index contributed by atoms with van der Waals surface area (Å²) in [6.07, 6.45) is 1.91. The molecule has 1 heterocycles. The zero-order valence-electron chi connectivity index (χ0n) is 10.3. The number of likely N-dealkylation sites (tertiary alicyclic amines) is 1. The molecule has 1 saturated heterocycles. The van der Waals surface area contributed by atoms with Crippen LogP contribution in [0.3, 0.4) is 0 Å². The first-order chi connectivity index (χ1) is 8.63. The molecule has 1 aliphatic heterocycles. The van der Waals surface area contributed by atoms with Crippen LogP contribution in [0.4, 0.5) is 5.69 Å². The van der Waals surface area contributed by atoms with E-state index in [9.17, 15) is 10.1 Å². The van der Waals surface area contributed by atoms with E-state index in [1.54, 1.807) is 13.0 Å². The Morgan fingerprint density at radius 2 is 2.39 bits per heavy atom. The normalized spacial score (nSPS) is 19.7. The van der Waals surface area contributed by atoms with Crippen molar-refractivity contribution in [3.8, 4) is 6.07 Å². The fraction of sp³-hybridized carbons (Fsp3) is 0.462. The van der Waals surface area contributed by atoms with Crippen molar-refractivity contribution in [1.29, 1.82) is 5.26 Å². The molecule has 1 unspecified atom stereocenters. The van der Waals surface area contributed by atoms with E-state index in [-0.39, 0.29) is 16.7 Å². The number of rotatable bonds is 3. The van der Waals surface area contributed by atoms with Crippen LogP contribution < -0.4 is 0 Å². The molecule has 0 saturated carbocycles. The van der Waals surface area contributed by atoms with Gasteiger partial charge in [0.05, 0.1) is 17.0 Å². The number of hydrogen-bond acceptors (Lipinski definition) is 4. The van der Waals surface area contributed by atoms with Crippen LogP contribution in [0.15, 0.2) is 18.2 Å². The average Bonchev–Trinajstić information content (AvgIpc) is 2.78. The van der Waals surface area contributed by atoms with Gasteiger partial charge in [-0.3, -0.25) is 15.0 Å². The van der Waals surface area contributed by atoms with Gasteiger partial charge in [-0.2, -0.15) is 5.26 Å². The van der Waals surface area contributed by atoms with Crippen molar-refractivity contribution < 1.29 is 4.92 Å². The van der Waals surface area contributed by atoms with Crippen molar-refractivity contribution in [3.63, 3.8) is 0 Å². The number of hydrogen-bond donors (Lipinski definition) is 0. The third-order valence-corrected chi connectivity index (χ3v) is 3.50. The summed E-state index contributed by atoms with van der Waals surface area (Å²) in [5, 5.41) is 19.9. The number of benzene rings is 1. The van der Waals surface area contributed by atoms with Gasteiger partial charge < -0.3 is 0 Å². The van der Waals surface area contributed by atoms with E-state index < -0.39 is 0 Å². The van der Waals surface area contributed by atoms with Crippen LogP contribution in [0.1, 0.15) is 24.0 Å². The summed E-state index contributed by atoms with van der Waals surface area (Å²) in [6, 6.07) is 7.35. The van der Waals surface area contributed by atoms with Gasteiger partial charge in [0.2, 0.25) is 0 Å². The quantitative estimate of drug-likeness (QED) is 0.605. The van der Waals surface area contributed by atoms with Gasteiger partial charge >= 0.3 is 0 Å². The molecule has 1 aromatic carbocycles. The van der Waals surface area contributed by atoms with Gasteiger partial charge in [-0.25, -0.2) is 0 Å². The van der Waals surface area contributed by atoms with Crippen LogP contribution in [0.25, 0.3) is 0 Å². The Morgan fingerprint density at radius 1 is 1.61 bits per heavy atom. The first-order valence-corrected chi connectivity index (χ1v) is 6.00. The third kappa shape index (κ3) is 2.34. The summed E-state index contributed by atoms with van der Waals surface area (Å²) in [6.45, 7) is 3.27. The SMILES string of the molecule is Cc1c(CN2CCCC2C#N)cccc1[N+](=O)[O-]. The Morgan fingerprint density at radius 3 is 3.06 bits per heavy atom. The lowest BCUT2D eigenvalue weighted by Gasteiger charge is -2.19. The maximum Gasteiger partial charge on any atom is 0.272 e. The largest absolute Gasteiger partial charge is 0.284 e. The number of nitrogens with zero attached hydrogens (tertiary/aromatic N) is 3. The Labute approximate surface area is 106 Å². The molecule has 1 aromatic rings. The minimum Gasteiger partial charge on any atom is -0.284 e. The lowest BCUT2D eigenvalue weighted by Crippen LogP contribution is -2.27. The first kappa shape index (κ1) is 12.5. The van der Waals surface area contributed by atoms with E-state index in [2.05, 4.69) is 11.0 Å². The van der Waals surface area contributed by atoms with Crippen LogP contribution in [0.2, 0.25) is 0 Å². The molecule has 0 amide bonds. The Hall–Kier alpha value is -1.93. The highest BCUT2D eigenvalue weighted by Gasteiger charge is 2.25. The molecule has 1 fully saturated rings. The van der Waals surface area contributed by atoms with Crippen LogP contribution in [0, 0.1) is 28.4 Å². The summed E-state index contributed by atoms with van der Waals surface area (Å²) in [5.74, 6) is 0. The van der Waals surface area contributed by atoms with E-state index in [1.807, 2.05) is 6.07 Å². The molecule has 0 bridgehead atoms. The van der Waals surface area contributed by atoms with Crippen molar-refractivity contribution in [1.82, 2.24) is 4.90 Å². The number of nitro benzene ring substituents is 1. The topological polar surface area (TPSA) is 70.2 Å². The Balaban J connectivity index is 2.22. The monoisotopic (exact) mass is 245 g/mol. The van der Waals surface area contributed by atoms with Crippen molar-refractivity contribution in [2.45, 2.75) is 32.4 Å². The molecule has 2 rings (SSSR count). The van der Waals surface area contributed by atoms with Crippen molar-refractivity contribution in [2.75, 3.05) is 6.54 Å². The smallest absolute Gasteiger partial charge is 0.272 e. The highest BCUT2D eigenvalue weighted by molar-refractivity contribution is 5.44. The Bertz CT molecular complexity index is 507. The highest BCUT2D eigenvalue weighted by atomic mass is 16.6. The second-order valence-electron chi connectivity index (χ2n) is 4.58. The Kier molecular flexibility index (Phi) is 3.58. The molecular formula is C13H15N3O2. The molecule has 1 atom stereocenters. The van der Waals surface area contributed by atoms with Gasteiger partial charge in [0.25, 0.3) is 5.69 Å². The van der Waals surface area contributed by atoms with Crippen LogP contribution in [0.5, 0.6) is 0 Å². The minimum atomic E-state index is -0.357. The zero-order chi connectivity index (χ0) is 13.1. The molecule has 18 heavy (non-hydrogen) atoms. The molecule has 94 valence electrons. The van der Waals surface area contributed by atoms with Crippen molar-refractivity contribution >= 4 is 5.69 Å². The molecule has 0 aromatic heterocycles. The molecule has 1 aliphatic rings. The third-order valence-electron chi connectivity index (χ3n) is 3.50. The van der Waals surface area contributed by atoms with E-state index in [0.717, 1.165) is 24.9 Å². The lowest BCUT2D eigenvalue weighted by atomic mass is 10.1. The molecule has 0 aliphatic carbocycles. The van der Waals surface area contributed by atoms with Gasteiger partial charge in [0.1, 0.15) is 0 Å². The molecule has 5 heteroatoms. The van der Waals surface area contributed by atoms with Crippen LogP contribution in [-0.4, -0.2) is 22.4 Å². The predicted octanol–water partition coefficient (Wildman–Crippen LogP) is 2.39. The fourth-order valence-corrected chi connectivity index (χ4v) is 2.42. The summed E-state index contributed by atoms with van der Waals surface area (Å²) in [7, 11) is 0. The van der Waals surface area contributed by atoms with Crippen LogP contribution in [-0.2, 0) is 6.54 Å². The van der Waals surface area contributed by atoms with E-state index in [1.165, 1.54) is 6.07 Å². The second-order valence-corrected chi connectivity index (χ2v) is 4.58. The molecule has 5 nitrogen and oxygen atoms in total. The maximum atomic E-state index is 10.9. The lowest BCUT2D eigenvalue weighted by molar-refractivity contribution is -0.385. The van der Waals surface area contributed by atoms with E-state index >= 15 is 0 Å². The number of nitro groups is 1. The van der Waals surface area contributed by atoms with Gasteiger partial charge in [0, 0.05) is 18.2 Å². The van der Waals surface area contributed by atoms with Crippen molar-refractivity contribution in [2.24, 2.45) is 0 Å². The highest BCUT2D eigenvalue weighted by Crippen LogP contribution is 2.25. The summed E-state index contributed by atoms with van der Waals surface area (Å²) >= 11 is 0. The molecule has 0 N–H and O–H groups in total. The van der Waals surface area contributed by atoms with E-state index in [4.69, 9.17) is 5.26 Å². The van der Waals surface area contributed by atoms with Gasteiger partial charge in [-0.15, -0.1) is 0 Å². The molecule has 0 radical (unpaired) electrons. The van der Waals surface area contributed by atoms with E-state index in [0.29, 0.717) is 12.1 Å². The summed E-state index contributed by atoms with van der Waals surface area (Å²) < 4.78 is 0. The predicted molar refractivity (Wildman–Crippen MR) is 66.9 cm³/mol. The summed E-state index contributed by atoms with van der Waals surface area (Å²) in [5.41, 5.74) is 1.79. The number of nitriles is 1. The van der Waals surface area contributed by atoms with Crippen LogP contribution >= 0.6 is 0 Å². The molecular weight excluding hydrogens is 230 g/mol. The van der Waals surface area contributed by atoms with Gasteiger partial charge in [0.15, 0.2) is 0 Å².